The van der Waals surface area contributed by atoms with Crippen molar-refractivity contribution < 1.29 is 19.1 Å². The number of nitrogens with zero attached hydrogens (tertiary/aromatic N) is 5. The van der Waals surface area contributed by atoms with Crippen molar-refractivity contribution in [2.24, 2.45) is 0 Å². The largest absolute Gasteiger partial charge is 0.444 e. The van der Waals surface area contributed by atoms with E-state index in [2.05, 4.69) is 23.7 Å². The lowest BCUT2D eigenvalue weighted by atomic mass is 9.66. The van der Waals surface area contributed by atoms with Crippen LogP contribution in [0.3, 0.4) is 0 Å². The third-order valence-corrected chi connectivity index (χ3v) is 7.72. The molecule has 0 bridgehead atoms. The third kappa shape index (κ3) is 3.91. The van der Waals surface area contributed by atoms with Crippen molar-refractivity contribution >= 4 is 23.6 Å². The van der Waals surface area contributed by atoms with Crippen LogP contribution in [0.5, 0.6) is 0 Å². The molecule has 34 heavy (non-hydrogen) atoms. The molecule has 0 N–H and O–H groups in total. The van der Waals surface area contributed by atoms with Crippen LogP contribution in [0.1, 0.15) is 72.3 Å². The maximum Gasteiger partial charge on any atom is 0.410 e. The Bertz CT molecular complexity index is 967. The number of carbonyl (C=O) groups excluding carboxylic acids is 2. The number of fused-ring (bicyclic) bond motifs is 2. The van der Waals surface area contributed by atoms with Gasteiger partial charge >= 0.3 is 6.09 Å². The van der Waals surface area contributed by atoms with E-state index in [1.807, 2.05) is 30.6 Å². The highest BCUT2D eigenvalue weighted by Crippen LogP contribution is 2.55. The van der Waals surface area contributed by atoms with Crippen molar-refractivity contribution in [2.75, 3.05) is 36.0 Å². The van der Waals surface area contributed by atoms with Crippen molar-refractivity contribution in [1.29, 1.82) is 0 Å². The first-order chi connectivity index (χ1) is 16.1. The molecule has 0 aromatic carbocycles. The number of piperazine rings is 1. The standard InChI is InChI=1S/C25H37N5O4/c1-16-13-29(23(32)34-24(3,4)5)17(2)12-28(16)20-19-21(27-15-26-20)30(14-25(19)9-7-10-25)22(31)18-8-6-11-33-18/h15-18H,6-14H2,1-5H3/t16-,17+,18?/m0/s1. The topological polar surface area (TPSA) is 88.1 Å². The van der Waals surface area contributed by atoms with Gasteiger partial charge in [0.2, 0.25) is 0 Å². The Morgan fingerprint density at radius 3 is 2.44 bits per heavy atom. The predicted octanol–water partition coefficient (Wildman–Crippen LogP) is 3.26. The highest BCUT2D eigenvalue weighted by molar-refractivity contribution is 5.99. The molecule has 186 valence electrons. The van der Waals surface area contributed by atoms with Crippen molar-refractivity contribution in [3.8, 4) is 0 Å². The third-order valence-electron chi connectivity index (χ3n) is 7.72. The number of aromatic nitrogens is 2. The van der Waals surface area contributed by atoms with E-state index >= 15 is 0 Å². The van der Waals surface area contributed by atoms with Gasteiger partial charge in [-0.05, 0) is 60.3 Å². The maximum atomic E-state index is 13.3. The van der Waals surface area contributed by atoms with Crippen molar-refractivity contribution in [1.82, 2.24) is 14.9 Å². The van der Waals surface area contributed by atoms with E-state index in [4.69, 9.17) is 14.5 Å². The van der Waals surface area contributed by atoms with Gasteiger partial charge in [-0.2, -0.15) is 0 Å². The van der Waals surface area contributed by atoms with Gasteiger partial charge in [0.25, 0.3) is 5.91 Å². The van der Waals surface area contributed by atoms with Crippen molar-refractivity contribution in [3.63, 3.8) is 0 Å². The summed E-state index contributed by atoms with van der Waals surface area (Å²) in [6, 6.07) is 0.0304. The van der Waals surface area contributed by atoms with Crippen LogP contribution < -0.4 is 9.80 Å². The zero-order valence-electron chi connectivity index (χ0n) is 21.0. The predicted molar refractivity (Wildman–Crippen MR) is 128 cm³/mol. The Morgan fingerprint density at radius 2 is 1.82 bits per heavy atom. The summed E-state index contributed by atoms with van der Waals surface area (Å²) in [5.74, 6) is 1.69. The lowest BCUT2D eigenvalue weighted by Crippen LogP contribution is -2.59. The average molecular weight is 472 g/mol. The summed E-state index contributed by atoms with van der Waals surface area (Å²) in [5.41, 5.74) is 0.503. The molecular formula is C25H37N5O4. The van der Waals surface area contributed by atoms with E-state index < -0.39 is 5.60 Å². The van der Waals surface area contributed by atoms with E-state index in [1.54, 1.807) is 6.33 Å². The number of carbonyl (C=O) groups is 2. The van der Waals surface area contributed by atoms with Gasteiger partial charge in [-0.3, -0.25) is 9.69 Å². The number of hydrogen-bond acceptors (Lipinski definition) is 7. The molecule has 2 amide bonds. The summed E-state index contributed by atoms with van der Waals surface area (Å²) in [6.07, 6.45) is 5.87. The van der Waals surface area contributed by atoms with Crippen LogP contribution in [0.2, 0.25) is 0 Å². The highest BCUT2D eigenvalue weighted by atomic mass is 16.6. The van der Waals surface area contributed by atoms with Gasteiger partial charge in [-0.25, -0.2) is 14.8 Å². The fourth-order valence-corrected chi connectivity index (χ4v) is 5.86. The second-order valence-electron chi connectivity index (χ2n) is 11.4. The van der Waals surface area contributed by atoms with Gasteiger partial charge in [0.15, 0.2) is 0 Å². The van der Waals surface area contributed by atoms with E-state index in [-0.39, 0.29) is 35.6 Å². The van der Waals surface area contributed by atoms with E-state index in [9.17, 15) is 9.59 Å². The fourth-order valence-electron chi connectivity index (χ4n) is 5.86. The van der Waals surface area contributed by atoms with Crippen LogP contribution in [0, 0.1) is 0 Å². The molecule has 1 unspecified atom stereocenters. The van der Waals surface area contributed by atoms with Gasteiger partial charge in [-0.15, -0.1) is 0 Å². The number of ether oxygens (including phenoxy) is 2. The van der Waals surface area contributed by atoms with E-state index in [0.29, 0.717) is 26.2 Å². The normalized spacial score (nSPS) is 28.1. The van der Waals surface area contributed by atoms with Gasteiger partial charge in [-0.1, -0.05) is 6.42 Å². The Kier molecular flexibility index (Phi) is 5.73. The second kappa shape index (κ2) is 8.36. The Balaban J connectivity index is 1.44. The monoisotopic (exact) mass is 471 g/mol. The van der Waals surface area contributed by atoms with Crippen LogP contribution >= 0.6 is 0 Å². The zero-order valence-corrected chi connectivity index (χ0v) is 21.0. The molecule has 4 heterocycles. The average Bonchev–Trinajstić information content (AvgIpc) is 3.39. The Morgan fingerprint density at radius 1 is 1.09 bits per heavy atom. The molecule has 1 spiro atoms. The summed E-state index contributed by atoms with van der Waals surface area (Å²) < 4.78 is 11.4. The van der Waals surface area contributed by atoms with E-state index in [0.717, 1.165) is 49.3 Å². The van der Waals surface area contributed by atoms with Crippen LogP contribution in [0.4, 0.5) is 16.4 Å². The summed E-state index contributed by atoms with van der Waals surface area (Å²) >= 11 is 0. The minimum absolute atomic E-state index is 0.0277. The summed E-state index contributed by atoms with van der Waals surface area (Å²) in [5, 5.41) is 0. The van der Waals surface area contributed by atoms with Crippen LogP contribution in [0.25, 0.3) is 0 Å². The van der Waals surface area contributed by atoms with E-state index in [1.165, 1.54) is 0 Å². The summed E-state index contributed by atoms with van der Waals surface area (Å²) in [6.45, 7) is 12.4. The Hall–Kier alpha value is -2.42. The molecule has 5 rings (SSSR count). The molecule has 3 atom stereocenters. The summed E-state index contributed by atoms with van der Waals surface area (Å²) in [4.78, 5) is 41.5. The van der Waals surface area contributed by atoms with Crippen molar-refractivity contribution in [3.05, 3.63) is 11.9 Å². The van der Waals surface area contributed by atoms with Crippen molar-refractivity contribution in [2.45, 2.75) is 95.9 Å². The van der Waals surface area contributed by atoms with Gasteiger partial charge in [0, 0.05) is 49.3 Å². The lowest BCUT2D eigenvalue weighted by Gasteiger charge is -2.46. The zero-order chi connectivity index (χ0) is 24.3. The maximum absolute atomic E-state index is 13.3. The molecular weight excluding hydrogens is 434 g/mol. The molecule has 1 aliphatic carbocycles. The number of hydrogen-bond donors (Lipinski definition) is 0. The molecule has 9 heteroatoms. The first-order valence-corrected chi connectivity index (χ1v) is 12.6. The van der Waals surface area contributed by atoms with Gasteiger partial charge in [0.05, 0.1) is 0 Å². The molecule has 3 fully saturated rings. The SMILES string of the molecule is C[C@@H]1CN(c2ncnc3c2C2(CCC2)CN3C(=O)C2CCCO2)[C@@H](C)CN1C(=O)OC(C)(C)C. The molecule has 4 aliphatic rings. The molecule has 2 saturated heterocycles. The molecule has 1 saturated carbocycles. The minimum Gasteiger partial charge on any atom is -0.444 e. The quantitative estimate of drug-likeness (QED) is 0.654. The minimum atomic E-state index is -0.527. The molecule has 9 nitrogen and oxygen atoms in total. The smallest absolute Gasteiger partial charge is 0.410 e. The molecule has 3 aliphatic heterocycles. The lowest BCUT2D eigenvalue weighted by molar-refractivity contribution is -0.127. The van der Waals surface area contributed by atoms with Crippen LogP contribution in [0.15, 0.2) is 6.33 Å². The number of rotatable bonds is 2. The first-order valence-electron chi connectivity index (χ1n) is 12.6. The molecule has 0 radical (unpaired) electrons. The van der Waals surface area contributed by atoms with Crippen LogP contribution in [-0.4, -0.2) is 76.9 Å². The van der Waals surface area contributed by atoms with Crippen LogP contribution in [-0.2, 0) is 19.7 Å². The highest BCUT2D eigenvalue weighted by Gasteiger charge is 2.53. The molecule has 1 aromatic heterocycles. The Labute approximate surface area is 201 Å². The number of anilines is 2. The summed E-state index contributed by atoms with van der Waals surface area (Å²) in [7, 11) is 0. The first kappa shape index (κ1) is 23.3. The van der Waals surface area contributed by atoms with Gasteiger partial charge < -0.3 is 19.3 Å². The fraction of sp³-hybridized carbons (Fsp3) is 0.760. The second-order valence-corrected chi connectivity index (χ2v) is 11.4. The number of amides is 2. The van der Waals surface area contributed by atoms with Gasteiger partial charge in [0.1, 0.15) is 29.7 Å². The molecule has 1 aromatic rings.